The molecule has 90 valence electrons. The van der Waals surface area contributed by atoms with Crippen molar-refractivity contribution in [1.82, 2.24) is 4.90 Å². The zero-order chi connectivity index (χ0) is 11.7. The van der Waals surface area contributed by atoms with Crippen LogP contribution >= 0.6 is 0 Å². The summed E-state index contributed by atoms with van der Waals surface area (Å²) in [5.74, 6) is -2.92. The first-order chi connectivity index (χ1) is 6.72. The monoisotopic (exact) mass is 221 g/mol. The van der Waals surface area contributed by atoms with Crippen molar-refractivity contribution in [3.8, 4) is 0 Å². The molecule has 1 N–H and O–H groups in total. The average Bonchev–Trinajstić information content (AvgIpc) is 1.97. The maximum atomic E-state index is 13.3. The zero-order valence-corrected chi connectivity index (χ0v) is 9.76. The Balaban J connectivity index is 2.58. The van der Waals surface area contributed by atoms with Gasteiger partial charge in [-0.3, -0.25) is 4.90 Å². The van der Waals surface area contributed by atoms with Crippen LogP contribution in [0.1, 0.15) is 27.2 Å². The van der Waals surface area contributed by atoms with Crippen molar-refractivity contribution in [2.45, 2.75) is 33.1 Å². The fourth-order valence-corrected chi connectivity index (χ4v) is 2.22. The van der Waals surface area contributed by atoms with Crippen LogP contribution in [0.4, 0.5) is 8.78 Å². The minimum absolute atomic E-state index is 0.0213. The number of nitrogens with zero attached hydrogens (tertiary/aromatic N) is 1. The van der Waals surface area contributed by atoms with Gasteiger partial charge in [-0.15, -0.1) is 0 Å². The molecule has 1 heterocycles. The van der Waals surface area contributed by atoms with Gasteiger partial charge in [0.1, 0.15) is 0 Å². The third-order valence-corrected chi connectivity index (χ3v) is 2.51. The number of hydrogen-bond donors (Lipinski definition) is 1. The molecular formula is C11H21F2NO. The summed E-state index contributed by atoms with van der Waals surface area (Å²) >= 11 is 0. The van der Waals surface area contributed by atoms with E-state index in [2.05, 4.69) is 0 Å². The molecule has 0 aromatic carbocycles. The van der Waals surface area contributed by atoms with E-state index < -0.39 is 5.92 Å². The van der Waals surface area contributed by atoms with Crippen LogP contribution in [0.15, 0.2) is 0 Å². The summed E-state index contributed by atoms with van der Waals surface area (Å²) in [5, 5.41) is 8.98. The molecule has 1 aliphatic heterocycles. The second-order valence-electron chi connectivity index (χ2n) is 5.84. The van der Waals surface area contributed by atoms with E-state index >= 15 is 0 Å². The van der Waals surface area contributed by atoms with Gasteiger partial charge in [-0.25, -0.2) is 8.78 Å². The molecule has 1 rings (SSSR count). The normalized spacial score (nSPS) is 28.0. The number of piperidine rings is 1. The fraction of sp³-hybridized carbons (Fsp3) is 1.00. The zero-order valence-electron chi connectivity index (χ0n) is 9.76. The SMILES string of the molecule is CC(C)(C)CN1CC(CO)CC(F)(F)C1. The number of aliphatic hydroxyl groups excluding tert-OH is 1. The van der Waals surface area contributed by atoms with Gasteiger partial charge in [0.2, 0.25) is 0 Å². The lowest BCUT2D eigenvalue weighted by Crippen LogP contribution is -2.50. The molecule has 0 aromatic rings. The lowest BCUT2D eigenvalue weighted by molar-refractivity contribution is -0.0973. The fourth-order valence-electron chi connectivity index (χ4n) is 2.22. The van der Waals surface area contributed by atoms with Crippen LogP contribution in [0.2, 0.25) is 0 Å². The van der Waals surface area contributed by atoms with Crippen molar-refractivity contribution in [2.24, 2.45) is 11.3 Å². The quantitative estimate of drug-likeness (QED) is 0.770. The first kappa shape index (κ1) is 12.8. The molecule has 0 saturated carbocycles. The van der Waals surface area contributed by atoms with Crippen molar-refractivity contribution in [2.75, 3.05) is 26.2 Å². The number of aliphatic hydroxyl groups is 1. The molecule has 1 fully saturated rings. The number of rotatable bonds is 2. The smallest absolute Gasteiger partial charge is 0.260 e. The number of halogens is 2. The molecular weight excluding hydrogens is 200 g/mol. The molecule has 1 saturated heterocycles. The highest BCUT2D eigenvalue weighted by molar-refractivity contribution is 4.85. The molecule has 15 heavy (non-hydrogen) atoms. The van der Waals surface area contributed by atoms with Crippen LogP contribution in [0.3, 0.4) is 0 Å². The number of hydrogen-bond acceptors (Lipinski definition) is 2. The Morgan fingerprint density at radius 3 is 2.47 bits per heavy atom. The second kappa shape index (κ2) is 4.34. The lowest BCUT2D eigenvalue weighted by atomic mass is 9.91. The summed E-state index contributed by atoms with van der Waals surface area (Å²) in [7, 11) is 0. The predicted octanol–water partition coefficient (Wildman–Crippen LogP) is 1.98. The van der Waals surface area contributed by atoms with Gasteiger partial charge in [0, 0.05) is 32.0 Å². The summed E-state index contributed by atoms with van der Waals surface area (Å²) in [5.41, 5.74) is 0.0213. The molecule has 1 atom stereocenters. The highest BCUT2D eigenvalue weighted by atomic mass is 19.3. The summed E-state index contributed by atoms with van der Waals surface area (Å²) in [4.78, 5) is 1.77. The third-order valence-electron chi connectivity index (χ3n) is 2.51. The van der Waals surface area contributed by atoms with E-state index in [0.29, 0.717) is 13.1 Å². The standard InChI is InChI=1S/C11H21F2NO/c1-10(2,3)7-14-5-9(6-15)4-11(12,13)8-14/h9,15H,4-8H2,1-3H3. The highest BCUT2D eigenvalue weighted by Crippen LogP contribution is 2.31. The van der Waals surface area contributed by atoms with Crippen LogP contribution in [0.25, 0.3) is 0 Å². The molecule has 0 spiro atoms. The van der Waals surface area contributed by atoms with E-state index in [9.17, 15) is 8.78 Å². The average molecular weight is 221 g/mol. The summed E-state index contributed by atoms with van der Waals surface area (Å²) < 4.78 is 26.6. The first-order valence-electron chi connectivity index (χ1n) is 5.43. The van der Waals surface area contributed by atoms with Gasteiger partial charge >= 0.3 is 0 Å². The van der Waals surface area contributed by atoms with E-state index in [1.807, 2.05) is 20.8 Å². The molecule has 4 heteroatoms. The van der Waals surface area contributed by atoms with Crippen molar-refractivity contribution >= 4 is 0 Å². The molecule has 0 bridgehead atoms. The Bertz CT molecular complexity index is 211. The van der Waals surface area contributed by atoms with E-state index in [0.717, 1.165) is 0 Å². The minimum atomic E-state index is -2.64. The van der Waals surface area contributed by atoms with Crippen molar-refractivity contribution in [3.05, 3.63) is 0 Å². The van der Waals surface area contributed by atoms with Crippen LogP contribution in [0.5, 0.6) is 0 Å². The van der Waals surface area contributed by atoms with Crippen molar-refractivity contribution < 1.29 is 13.9 Å². The van der Waals surface area contributed by atoms with E-state index in [1.54, 1.807) is 4.90 Å². The molecule has 1 aliphatic rings. The molecule has 0 amide bonds. The maximum Gasteiger partial charge on any atom is 0.260 e. The molecule has 0 radical (unpaired) electrons. The molecule has 1 unspecified atom stereocenters. The topological polar surface area (TPSA) is 23.5 Å². The Morgan fingerprint density at radius 1 is 1.40 bits per heavy atom. The Hall–Kier alpha value is -0.220. The summed E-state index contributed by atoms with van der Waals surface area (Å²) in [6, 6.07) is 0. The maximum absolute atomic E-state index is 13.3. The number of alkyl halides is 2. The van der Waals surface area contributed by atoms with Crippen molar-refractivity contribution in [1.29, 1.82) is 0 Å². The van der Waals surface area contributed by atoms with Crippen LogP contribution in [0, 0.1) is 11.3 Å². The van der Waals surface area contributed by atoms with Crippen molar-refractivity contribution in [3.63, 3.8) is 0 Å². The highest BCUT2D eigenvalue weighted by Gasteiger charge is 2.40. The number of likely N-dealkylation sites (tertiary alicyclic amines) is 1. The van der Waals surface area contributed by atoms with Gasteiger partial charge in [0.15, 0.2) is 0 Å². The second-order valence-corrected chi connectivity index (χ2v) is 5.84. The Morgan fingerprint density at radius 2 is 2.00 bits per heavy atom. The summed E-state index contributed by atoms with van der Waals surface area (Å²) in [6.07, 6.45) is -0.176. The molecule has 0 aromatic heterocycles. The summed E-state index contributed by atoms with van der Waals surface area (Å²) in [6.45, 7) is 7.04. The van der Waals surface area contributed by atoms with Crippen LogP contribution in [-0.2, 0) is 0 Å². The van der Waals surface area contributed by atoms with E-state index in [1.165, 1.54) is 0 Å². The van der Waals surface area contributed by atoms with Gasteiger partial charge < -0.3 is 5.11 Å². The van der Waals surface area contributed by atoms with Gasteiger partial charge in [-0.05, 0) is 5.41 Å². The third kappa shape index (κ3) is 4.43. The first-order valence-corrected chi connectivity index (χ1v) is 5.43. The minimum Gasteiger partial charge on any atom is -0.396 e. The van der Waals surface area contributed by atoms with Crippen LogP contribution in [-0.4, -0.2) is 42.2 Å². The Kier molecular flexibility index (Phi) is 3.71. The molecule has 0 aliphatic carbocycles. The van der Waals surface area contributed by atoms with Gasteiger partial charge in [0.05, 0.1) is 6.54 Å². The van der Waals surface area contributed by atoms with E-state index in [4.69, 9.17) is 5.11 Å². The van der Waals surface area contributed by atoms with Crippen LogP contribution < -0.4 is 0 Å². The molecule has 2 nitrogen and oxygen atoms in total. The largest absolute Gasteiger partial charge is 0.396 e. The van der Waals surface area contributed by atoms with Gasteiger partial charge in [0.25, 0.3) is 5.92 Å². The van der Waals surface area contributed by atoms with Gasteiger partial charge in [-0.2, -0.15) is 0 Å². The predicted molar refractivity (Wildman–Crippen MR) is 56.0 cm³/mol. The van der Waals surface area contributed by atoms with E-state index in [-0.39, 0.29) is 30.9 Å². The Labute approximate surface area is 90.3 Å². The lowest BCUT2D eigenvalue weighted by Gasteiger charge is -2.39. The van der Waals surface area contributed by atoms with Gasteiger partial charge in [-0.1, -0.05) is 20.8 Å².